The highest BCUT2D eigenvalue weighted by Crippen LogP contribution is 2.37. The lowest BCUT2D eigenvalue weighted by atomic mass is 9.80. The van der Waals surface area contributed by atoms with Crippen LogP contribution >= 0.6 is 15.9 Å². The molecule has 0 radical (unpaired) electrons. The molecule has 2 aliphatic rings. The predicted octanol–water partition coefficient (Wildman–Crippen LogP) is 5.04. The molecule has 38 heavy (non-hydrogen) atoms. The van der Waals surface area contributed by atoms with Crippen molar-refractivity contribution in [3.8, 4) is 0 Å². The molecule has 1 aliphatic carbocycles. The van der Waals surface area contributed by atoms with Crippen LogP contribution in [0.5, 0.6) is 0 Å². The van der Waals surface area contributed by atoms with Crippen LogP contribution < -0.4 is 10.9 Å². The Kier molecular flexibility index (Phi) is 6.97. The number of amides is 1. The van der Waals surface area contributed by atoms with Gasteiger partial charge >= 0.3 is 0 Å². The second-order valence-electron chi connectivity index (χ2n) is 10.7. The average Bonchev–Trinajstić information content (AvgIpc) is 3.72. The van der Waals surface area contributed by atoms with Crippen molar-refractivity contribution in [2.24, 2.45) is 13.0 Å². The Morgan fingerprint density at radius 2 is 1.89 bits per heavy atom. The van der Waals surface area contributed by atoms with Gasteiger partial charge in [-0.25, -0.2) is 0 Å². The molecule has 3 heterocycles. The van der Waals surface area contributed by atoms with Gasteiger partial charge in [0.25, 0.3) is 5.56 Å². The van der Waals surface area contributed by atoms with E-state index in [1.54, 1.807) is 17.7 Å². The number of pyridine rings is 1. The molecule has 1 saturated heterocycles. The average molecular weight is 574 g/mol. The Morgan fingerprint density at radius 3 is 2.66 bits per heavy atom. The number of hydrogen-bond acceptors (Lipinski definition) is 3. The number of carbonyl (C=O) groups is 1. The fraction of sp³-hybridized carbons (Fsp3) is 0.355. The van der Waals surface area contributed by atoms with Crippen LogP contribution in [0, 0.1) is 5.92 Å². The number of aromatic nitrogens is 2. The smallest absolute Gasteiger partial charge is 0.250 e. The lowest BCUT2D eigenvalue weighted by Gasteiger charge is -2.35. The number of nitrogens with zero attached hydrogens (tertiary/aromatic N) is 3. The summed E-state index contributed by atoms with van der Waals surface area (Å²) < 4.78 is 4.93. The summed E-state index contributed by atoms with van der Waals surface area (Å²) in [6, 6.07) is 20.9. The molecule has 1 aliphatic heterocycles. The van der Waals surface area contributed by atoms with Gasteiger partial charge in [-0.1, -0.05) is 52.3 Å². The molecule has 6 nitrogen and oxygen atoms in total. The normalized spacial score (nSPS) is 19.5. The summed E-state index contributed by atoms with van der Waals surface area (Å²) in [6.45, 7) is 2.88. The van der Waals surface area contributed by atoms with Crippen molar-refractivity contribution in [3.05, 3.63) is 105 Å². The van der Waals surface area contributed by atoms with Crippen LogP contribution in [-0.4, -0.2) is 39.1 Å². The van der Waals surface area contributed by atoms with Gasteiger partial charge in [0.05, 0.1) is 5.92 Å². The van der Waals surface area contributed by atoms with Crippen LogP contribution in [0.1, 0.15) is 41.9 Å². The topological polar surface area (TPSA) is 59.3 Å². The van der Waals surface area contributed by atoms with Gasteiger partial charge in [-0.2, -0.15) is 0 Å². The summed E-state index contributed by atoms with van der Waals surface area (Å²) in [5.41, 5.74) is 4.55. The number of benzene rings is 2. The third-order valence-corrected chi connectivity index (χ3v) is 8.58. The molecule has 2 aromatic carbocycles. The Hall–Kier alpha value is -3.16. The molecular weight excluding hydrogens is 540 g/mol. The van der Waals surface area contributed by atoms with Gasteiger partial charge in [0, 0.05) is 66.6 Å². The van der Waals surface area contributed by atoms with E-state index in [-0.39, 0.29) is 29.3 Å². The number of rotatable bonds is 7. The van der Waals surface area contributed by atoms with Crippen molar-refractivity contribution in [3.63, 3.8) is 0 Å². The highest BCUT2D eigenvalue weighted by Gasteiger charge is 2.40. The standard InChI is InChI=1S/C31H33BrN4O2/c1-34-14-12-22(15-30(34)37)26-11-13-33-17-28(26)31(38)36(25-8-9-25)20-23-19-35(18-21-5-3-2-4-6-21)29-16-24(32)7-10-27(23)29/h2-7,10,12,14-16,19,25-26,28,33H,8-9,11,13,17-18,20H2,1H3. The number of aryl methyl sites for hydroxylation is 1. The lowest BCUT2D eigenvalue weighted by molar-refractivity contribution is -0.138. The summed E-state index contributed by atoms with van der Waals surface area (Å²) in [4.78, 5) is 28.7. The van der Waals surface area contributed by atoms with Crippen LogP contribution in [0.2, 0.25) is 0 Å². The van der Waals surface area contributed by atoms with E-state index < -0.39 is 0 Å². The number of halogens is 1. The van der Waals surface area contributed by atoms with Gasteiger partial charge in [0.2, 0.25) is 5.91 Å². The van der Waals surface area contributed by atoms with Crippen molar-refractivity contribution < 1.29 is 4.79 Å². The predicted molar refractivity (Wildman–Crippen MR) is 154 cm³/mol. The fourth-order valence-corrected chi connectivity index (χ4v) is 6.21. The minimum atomic E-state index is -0.178. The molecular formula is C31H33BrN4O2. The summed E-state index contributed by atoms with van der Waals surface area (Å²) in [7, 11) is 1.76. The molecule has 1 amide bonds. The number of carbonyl (C=O) groups excluding carboxylic acids is 1. The van der Waals surface area contributed by atoms with E-state index in [0.717, 1.165) is 42.4 Å². The van der Waals surface area contributed by atoms with E-state index in [0.29, 0.717) is 13.1 Å². The third-order valence-electron chi connectivity index (χ3n) is 8.09. The summed E-state index contributed by atoms with van der Waals surface area (Å²) >= 11 is 3.65. The molecule has 196 valence electrons. The maximum atomic E-state index is 14.2. The van der Waals surface area contributed by atoms with Crippen molar-refractivity contribution in [1.82, 2.24) is 19.4 Å². The zero-order valence-electron chi connectivity index (χ0n) is 21.6. The highest BCUT2D eigenvalue weighted by atomic mass is 79.9. The monoisotopic (exact) mass is 572 g/mol. The molecule has 6 rings (SSSR count). The van der Waals surface area contributed by atoms with E-state index in [1.807, 2.05) is 18.3 Å². The van der Waals surface area contributed by atoms with Crippen LogP contribution in [0.15, 0.2) is 82.3 Å². The van der Waals surface area contributed by atoms with Crippen molar-refractivity contribution in [2.75, 3.05) is 13.1 Å². The number of piperidine rings is 1. The molecule has 2 unspecified atom stereocenters. The van der Waals surface area contributed by atoms with E-state index >= 15 is 0 Å². The number of nitrogens with one attached hydrogen (secondary N) is 1. The molecule has 1 saturated carbocycles. The van der Waals surface area contributed by atoms with Gasteiger partial charge in [-0.3, -0.25) is 9.59 Å². The number of hydrogen-bond donors (Lipinski definition) is 1. The fourth-order valence-electron chi connectivity index (χ4n) is 5.86. The molecule has 2 aromatic heterocycles. The van der Waals surface area contributed by atoms with Gasteiger partial charge in [0.15, 0.2) is 0 Å². The van der Waals surface area contributed by atoms with Crippen molar-refractivity contribution >= 4 is 32.7 Å². The van der Waals surface area contributed by atoms with Crippen LogP contribution in [-0.2, 0) is 24.9 Å². The molecule has 7 heteroatoms. The molecule has 2 atom stereocenters. The Balaban J connectivity index is 1.32. The molecule has 2 fully saturated rings. The largest absolute Gasteiger partial charge is 0.343 e. The third kappa shape index (κ3) is 5.09. The summed E-state index contributed by atoms with van der Waals surface area (Å²) in [6.07, 6.45) is 7.00. The van der Waals surface area contributed by atoms with Crippen LogP contribution in [0.3, 0.4) is 0 Å². The first-order valence-corrected chi connectivity index (χ1v) is 14.3. The number of fused-ring (bicyclic) bond motifs is 1. The first-order valence-electron chi connectivity index (χ1n) is 13.5. The first kappa shape index (κ1) is 25.1. The quantitative estimate of drug-likeness (QED) is 0.337. The highest BCUT2D eigenvalue weighted by molar-refractivity contribution is 9.10. The molecule has 0 spiro atoms. The molecule has 1 N–H and O–H groups in total. The summed E-state index contributed by atoms with van der Waals surface area (Å²) in [5.74, 6) is 0.0731. The molecule has 4 aromatic rings. The Labute approximate surface area is 231 Å². The second-order valence-corrected chi connectivity index (χ2v) is 11.7. The SMILES string of the molecule is Cn1ccc(C2CCNCC2C(=O)N(Cc2cn(Cc3ccccc3)c3cc(Br)ccc23)C2CC2)cc1=O. The second kappa shape index (κ2) is 10.5. The van der Waals surface area contributed by atoms with Gasteiger partial charge < -0.3 is 19.4 Å². The van der Waals surface area contributed by atoms with Crippen molar-refractivity contribution in [1.29, 1.82) is 0 Å². The zero-order valence-corrected chi connectivity index (χ0v) is 23.2. The van der Waals surface area contributed by atoms with Gasteiger partial charge in [-0.05, 0) is 66.6 Å². The van der Waals surface area contributed by atoms with Gasteiger partial charge in [0.1, 0.15) is 0 Å². The van der Waals surface area contributed by atoms with E-state index in [2.05, 4.69) is 79.4 Å². The van der Waals surface area contributed by atoms with E-state index in [9.17, 15) is 9.59 Å². The zero-order chi connectivity index (χ0) is 26.2. The van der Waals surface area contributed by atoms with Crippen molar-refractivity contribution in [2.45, 2.75) is 44.3 Å². The van der Waals surface area contributed by atoms with E-state index in [4.69, 9.17) is 0 Å². The minimum Gasteiger partial charge on any atom is -0.343 e. The first-order chi connectivity index (χ1) is 18.5. The van der Waals surface area contributed by atoms with Crippen LogP contribution in [0.25, 0.3) is 10.9 Å². The summed E-state index contributed by atoms with van der Waals surface area (Å²) in [5, 5.41) is 4.63. The lowest BCUT2D eigenvalue weighted by Crippen LogP contribution is -2.47. The maximum absolute atomic E-state index is 14.2. The maximum Gasteiger partial charge on any atom is 0.250 e. The Bertz CT molecular complexity index is 1520. The van der Waals surface area contributed by atoms with Crippen LogP contribution in [0.4, 0.5) is 0 Å². The molecule has 0 bridgehead atoms. The van der Waals surface area contributed by atoms with Gasteiger partial charge in [-0.15, -0.1) is 0 Å². The minimum absolute atomic E-state index is 0.0244. The Morgan fingerprint density at radius 1 is 1.08 bits per heavy atom. The van der Waals surface area contributed by atoms with E-state index in [1.165, 1.54) is 22.0 Å².